The third kappa shape index (κ3) is 4.05. The van der Waals surface area contributed by atoms with E-state index in [1.54, 1.807) is 13.8 Å². The highest BCUT2D eigenvalue weighted by molar-refractivity contribution is 6.15. The van der Waals surface area contributed by atoms with Gasteiger partial charge in [0.25, 0.3) is 0 Å². The van der Waals surface area contributed by atoms with Gasteiger partial charge < -0.3 is 14.8 Å². The normalized spacial score (nSPS) is 29.2. The summed E-state index contributed by atoms with van der Waals surface area (Å²) in [5.41, 5.74) is 1.64. The fraction of sp³-hybridized carbons (Fsp3) is 0.583. The molecule has 156 valence electrons. The monoisotopic (exact) mass is 397 g/mol. The molecule has 0 aromatic heterocycles. The minimum Gasteiger partial charge on any atom is -0.462 e. The maximum Gasteiger partial charge on any atom is 0.347 e. The van der Waals surface area contributed by atoms with Crippen molar-refractivity contribution < 1.29 is 19.1 Å². The first kappa shape index (κ1) is 20.0. The lowest BCUT2D eigenvalue weighted by atomic mass is 9.51. The van der Waals surface area contributed by atoms with E-state index >= 15 is 0 Å². The smallest absolute Gasteiger partial charge is 0.347 e. The molecule has 1 aromatic carbocycles. The summed E-state index contributed by atoms with van der Waals surface area (Å²) >= 11 is 0. The summed E-state index contributed by atoms with van der Waals surface area (Å²) in [7, 11) is 0. The molecule has 5 nitrogen and oxygen atoms in total. The van der Waals surface area contributed by atoms with Gasteiger partial charge >= 0.3 is 11.9 Å². The van der Waals surface area contributed by atoms with Gasteiger partial charge in [-0.25, -0.2) is 9.59 Å². The lowest BCUT2D eigenvalue weighted by molar-refractivity contribution is -0.146. The first-order valence-electron chi connectivity index (χ1n) is 11.0. The Hall–Kier alpha value is -2.30. The van der Waals surface area contributed by atoms with Crippen LogP contribution in [0, 0.1) is 29.6 Å². The van der Waals surface area contributed by atoms with Gasteiger partial charge in [0.1, 0.15) is 0 Å². The second kappa shape index (κ2) is 8.60. The average Bonchev–Trinajstić information content (AvgIpc) is 2.68. The number of esters is 2. The second-order valence-corrected chi connectivity index (χ2v) is 8.68. The van der Waals surface area contributed by atoms with E-state index in [9.17, 15) is 9.59 Å². The fourth-order valence-corrected chi connectivity index (χ4v) is 6.10. The van der Waals surface area contributed by atoms with Gasteiger partial charge in [-0.05, 0) is 81.8 Å². The third-order valence-corrected chi connectivity index (χ3v) is 6.84. The molecular weight excluding hydrogens is 366 g/mol. The highest BCUT2D eigenvalue weighted by atomic mass is 16.6. The Morgan fingerprint density at radius 3 is 1.86 bits per heavy atom. The van der Waals surface area contributed by atoms with Crippen molar-refractivity contribution in [3.05, 3.63) is 41.6 Å². The number of ether oxygens (including phenoxy) is 2. The van der Waals surface area contributed by atoms with Crippen molar-refractivity contribution in [2.75, 3.05) is 18.5 Å². The number of para-hydroxylation sites is 1. The lowest BCUT2D eigenvalue weighted by Crippen LogP contribution is -2.47. The van der Waals surface area contributed by atoms with E-state index in [1.165, 1.54) is 32.1 Å². The molecule has 5 heteroatoms. The Morgan fingerprint density at radius 1 is 0.862 bits per heavy atom. The third-order valence-electron chi connectivity index (χ3n) is 6.84. The first-order chi connectivity index (χ1) is 14.1. The van der Waals surface area contributed by atoms with E-state index in [4.69, 9.17) is 9.47 Å². The van der Waals surface area contributed by atoms with Crippen LogP contribution in [0.3, 0.4) is 0 Å². The van der Waals surface area contributed by atoms with Crippen LogP contribution in [-0.4, -0.2) is 25.2 Å². The van der Waals surface area contributed by atoms with Gasteiger partial charge in [-0.2, -0.15) is 0 Å². The summed E-state index contributed by atoms with van der Waals surface area (Å²) in [4.78, 5) is 25.8. The van der Waals surface area contributed by atoms with Crippen LogP contribution in [0.15, 0.2) is 41.6 Å². The van der Waals surface area contributed by atoms with Crippen LogP contribution >= 0.6 is 0 Å². The van der Waals surface area contributed by atoms with Crippen molar-refractivity contribution in [2.24, 2.45) is 29.6 Å². The molecule has 0 radical (unpaired) electrons. The summed E-state index contributed by atoms with van der Waals surface area (Å²) in [5.74, 6) is 1.64. The molecule has 0 amide bonds. The number of rotatable bonds is 7. The van der Waals surface area contributed by atoms with Gasteiger partial charge in [-0.1, -0.05) is 18.2 Å². The number of allylic oxidation sites excluding steroid dienone is 1. The van der Waals surface area contributed by atoms with Crippen LogP contribution in [0.4, 0.5) is 5.69 Å². The standard InChI is InChI=1S/C24H31NO4/c1-3-28-23(26)21(24(27)29-4-2)22(25-19-8-6-5-7-9-19)20-17-11-15-10-16(13-17)14-18(20)12-15/h5-9,15-18,20,25H,3-4,10-14H2,1-2H3. The van der Waals surface area contributed by atoms with Crippen molar-refractivity contribution in [1.29, 1.82) is 0 Å². The van der Waals surface area contributed by atoms with E-state index in [-0.39, 0.29) is 24.7 Å². The van der Waals surface area contributed by atoms with Crippen LogP contribution < -0.4 is 5.32 Å². The van der Waals surface area contributed by atoms with Crippen LogP contribution in [-0.2, 0) is 19.1 Å². The van der Waals surface area contributed by atoms with Crippen LogP contribution in [0.25, 0.3) is 0 Å². The minimum absolute atomic E-state index is 0.0510. The zero-order chi connectivity index (χ0) is 20.4. The number of carbonyl (C=O) groups is 2. The molecule has 4 aliphatic rings. The minimum atomic E-state index is -0.585. The first-order valence-corrected chi connectivity index (χ1v) is 11.0. The molecular formula is C24H31NO4. The largest absolute Gasteiger partial charge is 0.462 e. The van der Waals surface area contributed by atoms with Crippen molar-refractivity contribution in [1.82, 2.24) is 0 Å². The Kier molecular flexibility index (Phi) is 5.93. The molecule has 4 saturated carbocycles. The summed E-state index contributed by atoms with van der Waals surface area (Å²) < 4.78 is 10.6. The topological polar surface area (TPSA) is 64.6 Å². The molecule has 0 unspecified atom stereocenters. The van der Waals surface area contributed by atoms with Crippen molar-refractivity contribution >= 4 is 17.6 Å². The molecule has 0 spiro atoms. The number of hydrogen-bond acceptors (Lipinski definition) is 5. The van der Waals surface area contributed by atoms with E-state index in [1.807, 2.05) is 30.3 Å². The summed E-state index contributed by atoms with van der Waals surface area (Å²) in [5, 5.41) is 3.46. The summed E-state index contributed by atoms with van der Waals surface area (Å²) in [6.45, 7) is 3.96. The Bertz CT molecular complexity index is 737. The van der Waals surface area contributed by atoms with Gasteiger partial charge in [0.2, 0.25) is 0 Å². The Labute approximate surface area is 172 Å². The predicted molar refractivity (Wildman–Crippen MR) is 111 cm³/mol. The molecule has 4 aliphatic carbocycles. The molecule has 5 rings (SSSR count). The molecule has 0 atom stereocenters. The van der Waals surface area contributed by atoms with E-state index in [0.29, 0.717) is 17.5 Å². The number of nitrogens with one attached hydrogen (secondary N) is 1. The maximum absolute atomic E-state index is 12.9. The summed E-state index contributed by atoms with van der Waals surface area (Å²) in [6.07, 6.45) is 6.12. The van der Waals surface area contributed by atoms with Gasteiger partial charge in [0.05, 0.1) is 13.2 Å². The van der Waals surface area contributed by atoms with Crippen LogP contribution in [0.1, 0.15) is 46.0 Å². The molecule has 0 aliphatic heterocycles. The fourth-order valence-electron chi connectivity index (χ4n) is 6.10. The Morgan fingerprint density at radius 2 is 1.38 bits per heavy atom. The highest BCUT2D eigenvalue weighted by Crippen LogP contribution is 2.58. The highest BCUT2D eigenvalue weighted by Gasteiger charge is 2.50. The molecule has 4 fully saturated rings. The molecule has 4 bridgehead atoms. The SMILES string of the molecule is CCOC(=O)C(C(=O)OCC)=C(Nc1ccccc1)C1C2CC3CC(C2)CC1C3. The van der Waals surface area contributed by atoms with Gasteiger partial charge in [-0.3, -0.25) is 0 Å². The van der Waals surface area contributed by atoms with E-state index in [2.05, 4.69) is 5.32 Å². The van der Waals surface area contributed by atoms with Crippen LogP contribution in [0.2, 0.25) is 0 Å². The number of benzene rings is 1. The molecule has 29 heavy (non-hydrogen) atoms. The van der Waals surface area contributed by atoms with Crippen molar-refractivity contribution in [2.45, 2.75) is 46.0 Å². The Balaban J connectivity index is 1.78. The zero-order valence-electron chi connectivity index (χ0n) is 17.4. The van der Waals surface area contributed by atoms with E-state index < -0.39 is 11.9 Å². The predicted octanol–water partition coefficient (Wildman–Crippen LogP) is 4.55. The molecule has 1 N–H and O–H groups in total. The van der Waals surface area contributed by atoms with Gasteiger partial charge in [0.15, 0.2) is 5.57 Å². The molecule has 0 heterocycles. The molecule has 1 aromatic rings. The lowest BCUT2D eigenvalue weighted by Gasteiger charge is -2.55. The summed E-state index contributed by atoms with van der Waals surface area (Å²) in [6, 6.07) is 9.78. The maximum atomic E-state index is 12.9. The van der Waals surface area contributed by atoms with Gasteiger partial charge in [0, 0.05) is 17.3 Å². The second-order valence-electron chi connectivity index (χ2n) is 8.68. The van der Waals surface area contributed by atoms with Gasteiger partial charge in [-0.15, -0.1) is 0 Å². The van der Waals surface area contributed by atoms with Crippen molar-refractivity contribution in [3.63, 3.8) is 0 Å². The number of anilines is 1. The number of hydrogen-bond donors (Lipinski definition) is 1. The number of carbonyl (C=O) groups excluding carboxylic acids is 2. The van der Waals surface area contributed by atoms with Crippen LogP contribution in [0.5, 0.6) is 0 Å². The molecule has 0 saturated heterocycles. The van der Waals surface area contributed by atoms with Crippen molar-refractivity contribution in [3.8, 4) is 0 Å². The quantitative estimate of drug-likeness (QED) is 0.316. The van der Waals surface area contributed by atoms with E-state index in [0.717, 1.165) is 17.5 Å². The zero-order valence-corrected chi connectivity index (χ0v) is 17.4. The average molecular weight is 398 g/mol.